The van der Waals surface area contributed by atoms with Gasteiger partial charge in [-0.3, -0.25) is 9.59 Å². The number of nitrogens with one attached hydrogen (secondary N) is 2. The zero-order chi connectivity index (χ0) is 23.1. The first-order valence-electron chi connectivity index (χ1n) is 10.3. The van der Waals surface area contributed by atoms with Crippen molar-refractivity contribution in [1.82, 2.24) is 4.90 Å². The Morgan fingerprint density at radius 2 is 1.65 bits per heavy atom. The summed E-state index contributed by atoms with van der Waals surface area (Å²) in [6.45, 7) is 6.86. The molecule has 0 bridgehead atoms. The number of likely N-dealkylation sites (N-methyl/N-ethyl adjacent to an activating group) is 2. The average molecular weight is 429 g/mol. The molecule has 1 unspecified atom stereocenters. The minimum Gasteiger partial charge on any atom is -0.493 e. The Balaban J connectivity index is 1.93. The summed E-state index contributed by atoms with van der Waals surface area (Å²) in [6.07, 6.45) is 0. The van der Waals surface area contributed by atoms with Crippen LogP contribution in [-0.2, 0) is 16.1 Å². The van der Waals surface area contributed by atoms with E-state index in [1.165, 1.54) is 0 Å². The van der Waals surface area contributed by atoms with Crippen molar-refractivity contribution < 1.29 is 24.0 Å². The van der Waals surface area contributed by atoms with Crippen LogP contribution in [0.5, 0.6) is 11.5 Å². The SMILES string of the molecule is COc1cc(C)c(CN(C)C(=O)C[NH+](C)CC(=O)Nc2cccc(C)c2C)cc1OC. The van der Waals surface area contributed by atoms with Crippen LogP contribution in [0.15, 0.2) is 30.3 Å². The lowest BCUT2D eigenvalue weighted by Gasteiger charge is -2.21. The van der Waals surface area contributed by atoms with E-state index in [4.69, 9.17) is 9.47 Å². The second-order valence-corrected chi connectivity index (χ2v) is 7.99. The van der Waals surface area contributed by atoms with Crippen LogP contribution in [0.25, 0.3) is 0 Å². The predicted molar refractivity (Wildman–Crippen MR) is 122 cm³/mol. The molecule has 0 spiro atoms. The van der Waals surface area contributed by atoms with Crippen LogP contribution in [0.2, 0.25) is 0 Å². The Bertz CT molecular complexity index is 943. The number of hydrogen-bond donors (Lipinski definition) is 2. The number of ether oxygens (including phenoxy) is 2. The highest BCUT2D eigenvalue weighted by Gasteiger charge is 2.19. The zero-order valence-electron chi connectivity index (χ0n) is 19.6. The van der Waals surface area contributed by atoms with E-state index in [-0.39, 0.29) is 24.9 Å². The lowest BCUT2D eigenvalue weighted by atomic mass is 10.1. The maximum absolute atomic E-state index is 12.7. The number of quaternary nitrogens is 1. The zero-order valence-corrected chi connectivity index (χ0v) is 19.6. The molecule has 0 aliphatic rings. The average Bonchev–Trinajstić information content (AvgIpc) is 2.72. The highest BCUT2D eigenvalue weighted by molar-refractivity contribution is 5.92. The van der Waals surface area contributed by atoms with Crippen LogP contribution >= 0.6 is 0 Å². The second kappa shape index (κ2) is 10.8. The number of aryl methyl sites for hydroxylation is 2. The van der Waals surface area contributed by atoms with E-state index in [2.05, 4.69) is 5.32 Å². The Labute approximate surface area is 184 Å². The molecule has 31 heavy (non-hydrogen) atoms. The smallest absolute Gasteiger partial charge is 0.279 e. The lowest BCUT2D eigenvalue weighted by Crippen LogP contribution is -3.11. The summed E-state index contributed by atoms with van der Waals surface area (Å²) >= 11 is 0. The normalized spacial score (nSPS) is 11.6. The van der Waals surface area contributed by atoms with Gasteiger partial charge in [0.05, 0.1) is 21.3 Å². The van der Waals surface area contributed by atoms with E-state index in [9.17, 15) is 9.59 Å². The summed E-state index contributed by atoms with van der Waals surface area (Å²) in [4.78, 5) is 27.6. The Kier molecular flexibility index (Phi) is 8.45. The lowest BCUT2D eigenvalue weighted by molar-refractivity contribution is -0.862. The molecule has 0 saturated carbocycles. The van der Waals surface area contributed by atoms with E-state index >= 15 is 0 Å². The molecule has 2 aromatic rings. The van der Waals surface area contributed by atoms with Crippen molar-refractivity contribution in [3.8, 4) is 11.5 Å². The van der Waals surface area contributed by atoms with Gasteiger partial charge in [-0.2, -0.15) is 0 Å². The molecule has 0 fully saturated rings. The molecule has 2 rings (SSSR count). The van der Waals surface area contributed by atoms with Gasteiger partial charge in [-0.25, -0.2) is 0 Å². The third kappa shape index (κ3) is 6.46. The third-order valence-corrected chi connectivity index (χ3v) is 5.47. The fourth-order valence-electron chi connectivity index (χ4n) is 3.35. The second-order valence-electron chi connectivity index (χ2n) is 7.99. The van der Waals surface area contributed by atoms with Gasteiger partial charge >= 0.3 is 0 Å². The molecule has 2 amide bonds. The van der Waals surface area contributed by atoms with Crippen LogP contribution < -0.4 is 19.7 Å². The van der Waals surface area contributed by atoms with E-state index in [1.54, 1.807) is 26.2 Å². The minimum atomic E-state index is -0.114. The van der Waals surface area contributed by atoms with Crippen molar-refractivity contribution in [3.05, 3.63) is 52.6 Å². The van der Waals surface area contributed by atoms with Gasteiger partial charge in [-0.1, -0.05) is 12.1 Å². The van der Waals surface area contributed by atoms with Crippen molar-refractivity contribution in [2.24, 2.45) is 0 Å². The first-order valence-corrected chi connectivity index (χ1v) is 10.3. The number of amides is 2. The van der Waals surface area contributed by atoms with Crippen LogP contribution in [0.3, 0.4) is 0 Å². The quantitative estimate of drug-likeness (QED) is 0.638. The topological polar surface area (TPSA) is 72.3 Å². The van der Waals surface area contributed by atoms with E-state index in [1.807, 2.05) is 58.2 Å². The molecule has 0 heterocycles. The van der Waals surface area contributed by atoms with E-state index < -0.39 is 0 Å². The largest absolute Gasteiger partial charge is 0.493 e. The summed E-state index contributed by atoms with van der Waals surface area (Å²) < 4.78 is 10.7. The number of carbonyl (C=O) groups is 2. The number of nitrogens with zero attached hydrogens (tertiary/aromatic N) is 1. The summed E-state index contributed by atoms with van der Waals surface area (Å²) in [5.74, 6) is 1.15. The Morgan fingerprint density at radius 1 is 1.00 bits per heavy atom. The van der Waals surface area contributed by atoms with Crippen molar-refractivity contribution in [1.29, 1.82) is 0 Å². The minimum absolute atomic E-state index is 0.0359. The van der Waals surface area contributed by atoms with Gasteiger partial charge in [0.15, 0.2) is 24.6 Å². The van der Waals surface area contributed by atoms with Gasteiger partial charge in [0.1, 0.15) is 0 Å². The highest BCUT2D eigenvalue weighted by atomic mass is 16.5. The van der Waals surface area contributed by atoms with Gasteiger partial charge < -0.3 is 24.6 Å². The van der Waals surface area contributed by atoms with Gasteiger partial charge in [0.25, 0.3) is 11.8 Å². The van der Waals surface area contributed by atoms with Crippen molar-refractivity contribution in [3.63, 3.8) is 0 Å². The third-order valence-electron chi connectivity index (χ3n) is 5.47. The fraction of sp³-hybridized carbons (Fsp3) is 0.417. The summed E-state index contributed by atoms with van der Waals surface area (Å²) in [7, 11) is 6.80. The molecular formula is C24H34N3O4+. The van der Waals surface area contributed by atoms with Gasteiger partial charge in [0.2, 0.25) is 0 Å². The first-order chi connectivity index (χ1) is 14.7. The summed E-state index contributed by atoms with van der Waals surface area (Å²) in [5.41, 5.74) is 4.99. The van der Waals surface area contributed by atoms with Gasteiger partial charge in [-0.15, -0.1) is 0 Å². The number of rotatable bonds is 9. The molecule has 0 radical (unpaired) electrons. The van der Waals surface area contributed by atoms with Crippen LogP contribution in [-0.4, -0.2) is 58.1 Å². The van der Waals surface area contributed by atoms with Crippen molar-refractivity contribution >= 4 is 17.5 Å². The molecular weight excluding hydrogens is 394 g/mol. The van der Waals surface area contributed by atoms with Gasteiger partial charge in [0, 0.05) is 19.3 Å². The van der Waals surface area contributed by atoms with Crippen LogP contribution in [0, 0.1) is 20.8 Å². The number of carbonyl (C=O) groups excluding carboxylic acids is 2. The van der Waals surface area contributed by atoms with Crippen LogP contribution in [0.1, 0.15) is 22.3 Å². The first kappa shape index (κ1) is 24.2. The molecule has 2 N–H and O–H groups in total. The van der Waals surface area contributed by atoms with Crippen molar-refractivity contribution in [2.45, 2.75) is 27.3 Å². The summed E-state index contributed by atoms with van der Waals surface area (Å²) in [6, 6.07) is 9.62. The molecule has 0 aromatic heterocycles. The fourth-order valence-corrected chi connectivity index (χ4v) is 3.35. The number of benzene rings is 2. The van der Waals surface area contributed by atoms with Crippen LogP contribution in [0.4, 0.5) is 5.69 Å². The summed E-state index contributed by atoms with van der Waals surface area (Å²) in [5, 5.41) is 2.94. The van der Waals surface area contributed by atoms with E-state index in [0.717, 1.165) is 32.8 Å². The molecule has 168 valence electrons. The molecule has 1 atom stereocenters. The monoisotopic (exact) mass is 428 g/mol. The predicted octanol–water partition coefficient (Wildman–Crippen LogP) is 1.74. The Morgan fingerprint density at radius 3 is 2.29 bits per heavy atom. The molecule has 0 aliphatic carbocycles. The molecule has 7 nitrogen and oxygen atoms in total. The number of anilines is 1. The molecule has 7 heteroatoms. The molecule has 0 aliphatic heterocycles. The maximum Gasteiger partial charge on any atom is 0.279 e. The highest BCUT2D eigenvalue weighted by Crippen LogP contribution is 2.30. The maximum atomic E-state index is 12.7. The number of hydrogen-bond acceptors (Lipinski definition) is 4. The van der Waals surface area contributed by atoms with Crippen molar-refractivity contribution in [2.75, 3.05) is 46.7 Å². The molecule has 0 saturated heterocycles. The Hall–Kier alpha value is -3.06. The molecule has 2 aromatic carbocycles. The van der Waals surface area contributed by atoms with E-state index in [0.29, 0.717) is 18.0 Å². The standard InChI is InChI=1S/C24H33N3O4/c1-16-9-8-10-20(18(16)3)25-23(28)14-26(4)15-24(29)27(5)13-19-12-22(31-7)21(30-6)11-17(19)2/h8-12H,13-15H2,1-7H3,(H,25,28)/p+1. The van der Waals surface area contributed by atoms with Gasteiger partial charge in [-0.05, 0) is 61.2 Å². The number of methoxy groups -OCH3 is 2.